The minimum absolute atomic E-state index is 0.144. The number of hydrogen-bond donors (Lipinski definition) is 2. The molecule has 0 radical (unpaired) electrons. The first-order valence-electron chi connectivity index (χ1n) is 9.28. The van der Waals surface area contributed by atoms with Crippen LogP contribution < -0.4 is 15.6 Å². The van der Waals surface area contributed by atoms with E-state index in [0.717, 1.165) is 12.8 Å². The highest BCUT2D eigenvalue weighted by Crippen LogP contribution is 2.21. The molecule has 2 aromatic rings. The number of amides is 3. The normalized spacial score (nSPS) is 16.4. The molecule has 1 heterocycles. The second-order valence-electron chi connectivity index (χ2n) is 6.87. The molecule has 7 heteroatoms. The van der Waals surface area contributed by atoms with Gasteiger partial charge in [-0.15, -0.1) is 0 Å². The predicted octanol–water partition coefficient (Wildman–Crippen LogP) is 2.70. The van der Waals surface area contributed by atoms with Crippen molar-refractivity contribution >= 4 is 34.8 Å². The smallest absolute Gasteiger partial charge is 0.271 e. The first-order valence-corrected chi connectivity index (χ1v) is 9.28. The lowest BCUT2D eigenvalue weighted by molar-refractivity contribution is -0.118. The van der Waals surface area contributed by atoms with Crippen molar-refractivity contribution < 1.29 is 14.4 Å². The van der Waals surface area contributed by atoms with Crippen molar-refractivity contribution in [3.8, 4) is 0 Å². The molecule has 1 fully saturated rings. The van der Waals surface area contributed by atoms with Crippen molar-refractivity contribution in [3.05, 3.63) is 60.2 Å². The van der Waals surface area contributed by atoms with E-state index < -0.39 is 0 Å². The fraction of sp³-hybridized carbons (Fsp3) is 0.238. The third kappa shape index (κ3) is 4.09. The van der Waals surface area contributed by atoms with Crippen LogP contribution in [0.3, 0.4) is 0 Å². The summed E-state index contributed by atoms with van der Waals surface area (Å²) in [5, 5.41) is 11.2. The van der Waals surface area contributed by atoms with E-state index in [0.29, 0.717) is 16.9 Å². The van der Waals surface area contributed by atoms with Crippen LogP contribution in [0, 0.1) is 0 Å². The molecule has 3 amide bonds. The molecule has 1 aliphatic heterocycles. The van der Waals surface area contributed by atoms with E-state index in [2.05, 4.69) is 15.7 Å². The lowest BCUT2D eigenvalue weighted by Crippen LogP contribution is -2.36. The van der Waals surface area contributed by atoms with Gasteiger partial charge in [0.1, 0.15) is 5.71 Å². The summed E-state index contributed by atoms with van der Waals surface area (Å²) >= 11 is 0. The van der Waals surface area contributed by atoms with Gasteiger partial charge < -0.3 is 10.6 Å². The first-order chi connectivity index (χ1) is 13.6. The van der Waals surface area contributed by atoms with Gasteiger partial charge in [0.15, 0.2) is 0 Å². The van der Waals surface area contributed by atoms with Gasteiger partial charge in [-0.1, -0.05) is 24.3 Å². The maximum absolute atomic E-state index is 12.6. The third-order valence-corrected chi connectivity index (χ3v) is 4.59. The van der Waals surface area contributed by atoms with Crippen LogP contribution in [-0.4, -0.2) is 29.5 Å². The van der Waals surface area contributed by atoms with E-state index in [4.69, 9.17) is 0 Å². The number of nitrogens with one attached hydrogen (secondary N) is 2. The van der Waals surface area contributed by atoms with Crippen molar-refractivity contribution in [1.29, 1.82) is 0 Å². The monoisotopic (exact) mass is 376 g/mol. The maximum atomic E-state index is 12.6. The van der Waals surface area contributed by atoms with Crippen molar-refractivity contribution in [3.63, 3.8) is 0 Å². The molecule has 0 atom stereocenters. The molecule has 28 heavy (non-hydrogen) atoms. The zero-order valence-corrected chi connectivity index (χ0v) is 15.2. The Kier molecular flexibility index (Phi) is 4.89. The van der Waals surface area contributed by atoms with Gasteiger partial charge in [-0.05, 0) is 43.2 Å². The van der Waals surface area contributed by atoms with E-state index >= 15 is 0 Å². The zero-order chi connectivity index (χ0) is 19.5. The molecule has 2 aliphatic rings. The van der Waals surface area contributed by atoms with E-state index in [1.807, 2.05) is 18.2 Å². The van der Waals surface area contributed by atoms with Crippen LogP contribution >= 0.6 is 0 Å². The molecule has 0 unspecified atom stereocenters. The fourth-order valence-electron chi connectivity index (χ4n) is 2.93. The van der Waals surface area contributed by atoms with E-state index in [9.17, 15) is 14.4 Å². The summed E-state index contributed by atoms with van der Waals surface area (Å²) in [6, 6.07) is 16.1. The van der Waals surface area contributed by atoms with Crippen molar-refractivity contribution in [1.82, 2.24) is 5.32 Å². The number of nitrogens with zero attached hydrogens (tertiary/aromatic N) is 2. The molecule has 0 spiro atoms. The minimum Gasteiger partial charge on any atom is -0.349 e. The molecule has 1 saturated carbocycles. The summed E-state index contributed by atoms with van der Waals surface area (Å²) in [5.74, 6) is -0.677. The van der Waals surface area contributed by atoms with Crippen molar-refractivity contribution in [2.24, 2.45) is 5.10 Å². The Morgan fingerprint density at radius 3 is 2.50 bits per heavy atom. The maximum Gasteiger partial charge on any atom is 0.271 e. The lowest BCUT2D eigenvalue weighted by atomic mass is 10.1. The Bertz CT molecular complexity index is 951. The number of para-hydroxylation sites is 1. The average Bonchev–Trinajstić information content (AvgIpc) is 3.53. The second-order valence-corrected chi connectivity index (χ2v) is 6.87. The lowest BCUT2D eigenvalue weighted by Gasteiger charge is -2.23. The van der Waals surface area contributed by atoms with E-state index in [1.165, 1.54) is 5.01 Å². The Labute approximate surface area is 162 Å². The van der Waals surface area contributed by atoms with Crippen molar-refractivity contribution in [2.45, 2.75) is 31.7 Å². The van der Waals surface area contributed by atoms with E-state index in [1.54, 1.807) is 36.4 Å². The van der Waals surface area contributed by atoms with Gasteiger partial charge in [-0.25, -0.2) is 5.01 Å². The molecule has 0 saturated heterocycles. The summed E-state index contributed by atoms with van der Waals surface area (Å²) < 4.78 is 0. The molecule has 2 aromatic carbocycles. The number of carbonyl (C=O) groups excluding carboxylic acids is 3. The molecule has 2 N–H and O–H groups in total. The van der Waals surface area contributed by atoms with Crippen LogP contribution in [0.15, 0.2) is 59.7 Å². The van der Waals surface area contributed by atoms with Gasteiger partial charge in [0.05, 0.1) is 5.69 Å². The molecule has 7 nitrogen and oxygen atoms in total. The predicted molar refractivity (Wildman–Crippen MR) is 106 cm³/mol. The second kappa shape index (κ2) is 7.64. The number of rotatable bonds is 5. The van der Waals surface area contributed by atoms with Gasteiger partial charge >= 0.3 is 0 Å². The van der Waals surface area contributed by atoms with Crippen LogP contribution in [-0.2, 0) is 9.59 Å². The first kappa shape index (κ1) is 17.9. The number of anilines is 2. The fourth-order valence-corrected chi connectivity index (χ4v) is 2.93. The van der Waals surface area contributed by atoms with E-state index in [-0.39, 0.29) is 42.3 Å². The highest BCUT2D eigenvalue weighted by molar-refractivity contribution is 6.44. The largest absolute Gasteiger partial charge is 0.349 e. The van der Waals surface area contributed by atoms with Gasteiger partial charge in [0.2, 0.25) is 5.91 Å². The molecule has 4 rings (SSSR count). The van der Waals surface area contributed by atoms with Crippen LogP contribution in [0.2, 0.25) is 0 Å². The minimum atomic E-state index is -0.381. The zero-order valence-electron chi connectivity index (χ0n) is 15.2. The van der Waals surface area contributed by atoms with Gasteiger partial charge in [0.25, 0.3) is 11.8 Å². The summed E-state index contributed by atoms with van der Waals surface area (Å²) in [4.78, 5) is 37.0. The number of hydrazone groups is 1. The highest BCUT2D eigenvalue weighted by atomic mass is 16.2. The number of benzene rings is 2. The standard InChI is InChI=1S/C21H20N4O3/c26-19-12-11-18(24-25(19)17-7-2-1-3-8-17)21(28)23-16-6-4-5-14(13-16)20(27)22-15-9-10-15/h1-8,13,15H,9-12H2,(H,22,27)(H,23,28). The molecular formula is C21H20N4O3. The summed E-state index contributed by atoms with van der Waals surface area (Å²) in [7, 11) is 0. The van der Waals surface area contributed by atoms with Crippen LogP contribution in [0.1, 0.15) is 36.0 Å². The average molecular weight is 376 g/mol. The van der Waals surface area contributed by atoms with Gasteiger partial charge in [0, 0.05) is 30.1 Å². The number of carbonyl (C=O) groups is 3. The Morgan fingerprint density at radius 1 is 0.964 bits per heavy atom. The van der Waals surface area contributed by atoms with Crippen LogP contribution in [0.25, 0.3) is 0 Å². The summed E-state index contributed by atoms with van der Waals surface area (Å²) in [5.41, 5.74) is 1.91. The number of hydrogen-bond acceptors (Lipinski definition) is 4. The Morgan fingerprint density at radius 2 is 1.75 bits per heavy atom. The van der Waals surface area contributed by atoms with Crippen LogP contribution in [0.5, 0.6) is 0 Å². The molecular weight excluding hydrogens is 356 g/mol. The Balaban J connectivity index is 1.48. The SMILES string of the molecule is O=C(Nc1cccc(C(=O)NC2CC2)c1)C1=NN(c2ccccc2)C(=O)CC1. The third-order valence-electron chi connectivity index (χ3n) is 4.59. The molecule has 142 valence electrons. The Hall–Kier alpha value is -3.48. The molecule has 0 bridgehead atoms. The molecule has 0 aromatic heterocycles. The molecule has 1 aliphatic carbocycles. The van der Waals surface area contributed by atoms with Crippen LogP contribution in [0.4, 0.5) is 11.4 Å². The summed E-state index contributed by atoms with van der Waals surface area (Å²) in [6.45, 7) is 0. The quantitative estimate of drug-likeness (QED) is 0.841. The van der Waals surface area contributed by atoms with Gasteiger partial charge in [-0.3, -0.25) is 14.4 Å². The highest BCUT2D eigenvalue weighted by Gasteiger charge is 2.26. The van der Waals surface area contributed by atoms with Crippen molar-refractivity contribution in [2.75, 3.05) is 10.3 Å². The van der Waals surface area contributed by atoms with Gasteiger partial charge in [-0.2, -0.15) is 5.10 Å². The summed E-state index contributed by atoms with van der Waals surface area (Å²) in [6.07, 6.45) is 2.51. The topological polar surface area (TPSA) is 90.9 Å².